The predicted octanol–water partition coefficient (Wildman–Crippen LogP) is 4.72. The number of likely N-dealkylation sites (N-methyl/N-ethyl adjacent to an activating group) is 1. The molecule has 0 radical (unpaired) electrons. The molecule has 0 saturated carbocycles. The van der Waals surface area contributed by atoms with E-state index in [0.717, 1.165) is 35.7 Å². The van der Waals surface area contributed by atoms with Crippen LogP contribution in [-0.2, 0) is 27.4 Å². The van der Waals surface area contributed by atoms with Crippen molar-refractivity contribution in [1.82, 2.24) is 9.62 Å². The number of carboxylic acid groups (broad SMARTS) is 1. The van der Waals surface area contributed by atoms with Crippen LogP contribution < -0.4 is 5.32 Å². The third-order valence-corrected chi connectivity index (χ3v) is 8.84. The van der Waals surface area contributed by atoms with Crippen molar-refractivity contribution in [2.45, 2.75) is 75.1 Å². The molecule has 37 heavy (non-hydrogen) atoms. The summed E-state index contributed by atoms with van der Waals surface area (Å²) in [6.45, 7) is 5.14. The Balaban J connectivity index is 2.07. The number of hydrogen-bond donors (Lipinski definition) is 3. The van der Waals surface area contributed by atoms with E-state index in [9.17, 15) is 31.5 Å². The van der Waals surface area contributed by atoms with E-state index in [1.807, 2.05) is 25.3 Å². The van der Waals surface area contributed by atoms with E-state index in [1.54, 1.807) is 11.3 Å². The Morgan fingerprint density at radius 1 is 1.22 bits per heavy atom. The van der Waals surface area contributed by atoms with Gasteiger partial charge in [-0.05, 0) is 74.2 Å². The number of hydrogen-bond acceptors (Lipinski definition) is 6. The lowest BCUT2D eigenvalue weighted by atomic mass is 9.96. The normalized spacial score (nSPS) is 14.6. The number of benzene rings is 1. The molecule has 0 aliphatic rings. The highest BCUT2D eigenvalue weighted by atomic mass is 32.2. The van der Waals surface area contributed by atoms with Gasteiger partial charge in [-0.2, -0.15) is 17.5 Å². The summed E-state index contributed by atoms with van der Waals surface area (Å²) < 4.78 is 67.5. The van der Waals surface area contributed by atoms with Crippen LogP contribution in [0, 0.1) is 0 Å². The summed E-state index contributed by atoms with van der Waals surface area (Å²) in [4.78, 5) is 11.7. The number of rotatable bonds is 14. The van der Waals surface area contributed by atoms with Gasteiger partial charge in [0.1, 0.15) is 0 Å². The molecule has 2 aromatic rings. The number of sulfonamides is 1. The summed E-state index contributed by atoms with van der Waals surface area (Å²) in [5.74, 6) is -2.05. The summed E-state index contributed by atoms with van der Waals surface area (Å²) in [5, 5.41) is 24.7. The zero-order valence-electron chi connectivity index (χ0n) is 21.4. The van der Waals surface area contributed by atoms with E-state index in [1.165, 1.54) is 18.8 Å². The number of carbonyl (C=O) groups is 1. The fourth-order valence-electron chi connectivity index (χ4n) is 3.88. The number of nitrogens with one attached hydrogen (secondary N) is 1. The Kier molecular flexibility index (Phi) is 10.7. The van der Waals surface area contributed by atoms with Gasteiger partial charge in [-0.1, -0.05) is 13.0 Å². The van der Waals surface area contributed by atoms with Crippen LogP contribution in [0.4, 0.5) is 13.2 Å². The van der Waals surface area contributed by atoms with Crippen LogP contribution >= 0.6 is 11.3 Å². The fourth-order valence-corrected chi connectivity index (χ4v) is 5.92. The average Bonchev–Trinajstić information content (AvgIpc) is 3.29. The van der Waals surface area contributed by atoms with Crippen molar-refractivity contribution in [2.24, 2.45) is 0 Å². The van der Waals surface area contributed by atoms with Gasteiger partial charge in [0.15, 0.2) is 0 Å². The Morgan fingerprint density at radius 2 is 1.89 bits per heavy atom. The van der Waals surface area contributed by atoms with Crippen LogP contribution in [0.25, 0.3) is 0 Å². The van der Waals surface area contributed by atoms with Crippen molar-refractivity contribution in [2.75, 3.05) is 20.1 Å². The standard InChI is InChI=1S/C25H35F3N2O5S2/c1-17(11-23(32)33)18-12-19(25(26,27)28)14-22(13-18)37(34,35)30(4)16-20(31)15-29-24(2,3)9-5-7-21-8-6-10-36-21/h6,8,10,12-14,17,20,29,31H,5,7,9,11,15-16H2,1-4H3,(H,32,33)/t17-,20?/m1/s1. The van der Waals surface area contributed by atoms with Gasteiger partial charge in [-0.3, -0.25) is 4.79 Å². The molecular formula is C25H35F3N2O5S2. The maximum absolute atomic E-state index is 13.5. The second kappa shape index (κ2) is 12.7. The van der Waals surface area contributed by atoms with E-state index in [4.69, 9.17) is 5.11 Å². The molecule has 0 aliphatic heterocycles. The lowest BCUT2D eigenvalue weighted by Gasteiger charge is -2.29. The van der Waals surface area contributed by atoms with Crippen molar-refractivity contribution in [3.8, 4) is 0 Å². The molecule has 3 N–H and O–H groups in total. The number of carboxylic acids is 1. The number of thiophene rings is 1. The molecule has 1 aromatic carbocycles. The number of aliphatic hydroxyl groups excluding tert-OH is 1. The van der Waals surface area contributed by atoms with Gasteiger partial charge in [-0.25, -0.2) is 8.42 Å². The molecule has 2 atom stereocenters. The Morgan fingerprint density at radius 3 is 2.46 bits per heavy atom. The summed E-state index contributed by atoms with van der Waals surface area (Å²) in [5.41, 5.74) is -1.54. The van der Waals surface area contributed by atoms with E-state index >= 15 is 0 Å². The van der Waals surface area contributed by atoms with Crippen molar-refractivity contribution in [3.63, 3.8) is 0 Å². The molecule has 1 aromatic heterocycles. The second-order valence-electron chi connectivity index (χ2n) is 9.92. The van der Waals surface area contributed by atoms with Crippen LogP contribution in [0.1, 0.15) is 62.0 Å². The zero-order valence-corrected chi connectivity index (χ0v) is 23.0. The third kappa shape index (κ3) is 9.68. The zero-order chi connectivity index (χ0) is 28.0. The topological polar surface area (TPSA) is 107 Å². The summed E-state index contributed by atoms with van der Waals surface area (Å²) >= 11 is 1.69. The van der Waals surface area contributed by atoms with Gasteiger partial charge in [0, 0.05) is 30.6 Å². The predicted molar refractivity (Wildman–Crippen MR) is 137 cm³/mol. The molecule has 1 unspecified atom stereocenters. The van der Waals surface area contributed by atoms with Crippen LogP contribution in [0.3, 0.4) is 0 Å². The first kappa shape index (κ1) is 31.2. The average molecular weight is 565 g/mol. The summed E-state index contributed by atoms with van der Waals surface area (Å²) in [6.07, 6.45) is -3.68. The molecule has 208 valence electrons. The van der Waals surface area contributed by atoms with Gasteiger partial charge in [0.2, 0.25) is 10.0 Å². The molecule has 0 fully saturated rings. The SMILES string of the molecule is C[C@H](CC(=O)O)c1cc(C(F)(F)F)cc(S(=O)(=O)N(C)CC(O)CNC(C)(C)CCCc2cccs2)c1. The number of alkyl halides is 3. The van der Waals surface area contributed by atoms with Gasteiger partial charge < -0.3 is 15.5 Å². The van der Waals surface area contributed by atoms with Crippen molar-refractivity contribution in [1.29, 1.82) is 0 Å². The molecule has 0 aliphatic carbocycles. The molecule has 12 heteroatoms. The van der Waals surface area contributed by atoms with Gasteiger partial charge in [-0.15, -0.1) is 11.3 Å². The highest BCUT2D eigenvalue weighted by Gasteiger charge is 2.34. The first-order chi connectivity index (χ1) is 17.0. The molecule has 7 nitrogen and oxygen atoms in total. The second-order valence-corrected chi connectivity index (χ2v) is 13.0. The van der Waals surface area contributed by atoms with Crippen molar-refractivity contribution < 1.29 is 36.6 Å². The smallest absolute Gasteiger partial charge is 0.416 e. The van der Waals surface area contributed by atoms with Crippen LogP contribution in [-0.4, -0.2) is 60.7 Å². The molecule has 0 bridgehead atoms. The molecule has 2 rings (SSSR count). The van der Waals surface area contributed by atoms with Gasteiger partial charge in [0.25, 0.3) is 0 Å². The van der Waals surface area contributed by atoms with E-state index in [-0.39, 0.29) is 24.2 Å². The minimum absolute atomic E-state index is 0.0456. The lowest BCUT2D eigenvalue weighted by Crippen LogP contribution is -2.46. The highest BCUT2D eigenvalue weighted by Crippen LogP contribution is 2.34. The molecule has 0 spiro atoms. The number of aliphatic hydroxyl groups is 1. The minimum Gasteiger partial charge on any atom is -0.481 e. The summed E-state index contributed by atoms with van der Waals surface area (Å²) in [7, 11) is -3.21. The lowest BCUT2D eigenvalue weighted by molar-refractivity contribution is -0.138. The summed E-state index contributed by atoms with van der Waals surface area (Å²) in [6, 6.07) is 6.44. The molecule has 0 amide bonds. The van der Waals surface area contributed by atoms with E-state index < -0.39 is 51.1 Å². The van der Waals surface area contributed by atoms with Gasteiger partial charge in [0.05, 0.1) is 23.0 Å². The quantitative estimate of drug-likeness (QED) is 0.307. The molecular weight excluding hydrogens is 529 g/mol. The number of aliphatic carboxylic acids is 1. The number of nitrogens with zero attached hydrogens (tertiary/aromatic N) is 1. The van der Waals surface area contributed by atoms with Crippen molar-refractivity contribution in [3.05, 3.63) is 51.7 Å². The van der Waals surface area contributed by atoms with Gasteiger partial charge >= 0.3 is 12.1 Å². The maximum atomic E-state index is 13.5. The first-order valence-electron chi connectivity index (χ1n) is 11.9. The number of β-amino-alcohol motifs (C(OH)–C–C–N with tert-alkyl or cyclic N) is 1. The monoisotopic (exact) mass is 564 g/mol. The number of aryl methyl sites for hydroxylation is 1. The fraction of sp³-hybridized carbons (Fsp3) is 0.560. The Hall–Kier alpha value is -1.99. The van der Waals surface area contributed by atoms with Crippen molar-refractivity contribution >= 4 is 27.3 Å². The molecule has 1 heterocycles. The largest absolute Gasteiger partial charge is 0.481 e. The van der Waals surface area contributed by atoms with Crippen LogP contribution in [0.15, 0.2) is 40.6 Å². The van der Waals surface area contributed by atoms with Crippen LogP contribution in [0.2, 0.25) is 0 Å². The minimum atomic E-state index is -4.82. The number of halogens is 3. The third-order valence-electron chi connectivity index (χ3n) is 6.10. The van der Waals surface area contributed by atoms with E-state index in [2.05, 4.69) is 11.4 Å². The maximum Gasteiger partial charge on any atom is 0.416 e. The highest BCUT2D eigenvalue weighted by molar-refractivity contribution is 7.89. The Labute approximate surface area is 220 Å². The first-order valence-corrected chi connectivity index (χ1v) is 14.2. The molecule has 0 saturated heterocycles. The van der Waals surface area contributed by atoms with E-state index in [0.29, 0.717) is 6.07 Å². The Bertz CT molecular complexity index is 1140. The van der Waals surface area contributed by atoms with Crippen LogP contribution in [0.5, 0.6) is 0 Å².